The van der Waals surface area contributed by atoms with Gasteiger partial charge in [-0.15, -0.1) is 0 Å². The van der Waals surface area contributed by atoms with E-state index in [-0.39, 0.29) is 12.5 Å². The molecule has 0 spiro atoms. The fourth-order valence-corrected chi connectivity index (χ4v) is 4.24. The molecule has 0 unspecified atom stereocenters. The Morgan fingerprint density at radius 1 is 1.00 bits per heavy atom. The van der Waals surface area contributed by atoms with Crippen LogP contribution < -0.4 is 9.04 Å². The number of methoxy groups -OCH3 is 1. The quantitative estimate of drug-likeness (QED) is 0.579. The Morgan fingerprint density at radius 3 is 2.33 bits per heavy atom. The van der Waals surface area contributed by atoms with E-state index in [0.717, 1.165) is 38.2 Å². The molecule has 0 atom stereocenters. The van der Waals surface area contributed by atoms with Crippen molar-refractivity contribution in [2.24, 2.45) is 0 Å². The Labute approximate surface area is 177 Å². The lowest BCUT2D eigenvalue weighted by Crippen LogP contribution is -2.41. The van der Waals surface area contributed by atoms with Crippen molar-refractivity contribution in [3.05, 3.63) is 71.8 Å². The Balaban J connectivity index is 1.77. The Morgan fingerprint density at radius 2 is 1.67 bits per heavy atom. The highest BCUT2D eigenvalue weighted by Gasteiger charge is 2.23. The maximum atomic E-state index is 12.8. The average Bonchev–Trinajstić information content (AvgIpc) is 2.71. The van der Waals surface area contributed by atoms with Crippen molar-refractivity contribution in [2.75, 3.05) is 31.3 Å². The number of carbonyl (C=O) groups excluding carboxylic acids is 1. The average molecular weight is 427 g/mol. The second-order valence-corrected chi connectivity index (χ2v) is 9.26. The molecule has 0 saturated carbocycles. The summed E-state index contributed by atoms with van der Waals surface area (Å²) < 4.78 is 31.1. The van der Waals surface area contributed by atoms with E-state index in [2.05, 4.69) is 0 Å². The maximum absolute atomic E-state index is 12.8. The van der Waals surface area contributed by atoms with Gasteiger partial charge in [-0.05, 0) is 53.1 Å². The van der Waals surface area contributed by atoms with Crippen LogP contribution in [0.25, 0.3) is 10.8 Å². The van der Waals surface area contributed by atoms with Gasteiger partial charge in [0.05, 0.1) is 19.1 Å². The number of carbonyl (C=O) groups is 1. The van der Waals surface area contributed by atoms with Crippen molar-refractivity contribution in [1.29, 1.82) is 0 Å². The third-order valence-electron chi connectivity index (χ3n) is 5.02. The number of hydrogen-bond acceptors (Lipinski definition) is 4. The molecule has 3 aromatic rings. The first-order chi connectivity index (χ1) is 14.2. The lowest BCUT2D eigenvalue weighted by molar-refractivity contribution is -0.128. The highest BCUT2D eigenvalue weighted by atomic mass is 32.2. The van der Waals surface area contributed by atoms with Crippen LogP contribution in [0, 0.1) is 6.92 Å². The Bertz CT molecular complexity index is 1170. The van der Waals surface area contributed by atoms with Crippen molar-refractivity contribution in [2.45, 2.75) is 13.5 Å². The van der Waals surface area contributed by atoms with Crippen LogP contribution in [0.5, 0.6) is 5.75 Å². The van der Waals surface area contributed by atoms with Crippen molar-refractivity contribution in [3.63, 3.8) is 0 Å². The predicted octanol–water partition coefficient (Wildman–Crippen LogP) is 3.58. The smallest absolute Gasteiger partial charge is 0.243 e. The van der Waals surface area contributed by atoms with Crippen LogP contribution in [0.4, 0.5) is 5.69 Å². The van der Waals surface area contributed by atoms with Gasteiger partial charge < -0.3 is 9.64 Å². The summed E-state index contributed by atoms with van der Waals surface area (Å²) in [4.78, 5) is 14.4. The van der Waals surface area contributed by atoms with Crippen LogP contribution in [0.2, 0.25) is 0 Å². The van der Waals surface area contributed by atoms with Gasteiger partial charge in [0.1, 0.15) is 12.3 Å². The highest BCUT2D eigenvalue weighted by molar-refractivity contribution is 7.92. The van der Waals surface area contributed by atoms with Crippen LogP contribution in [0.3, 0.4) is 0 Å². The maximum Gasteiger partial charge on any atom is 0.243 e. The van der Waals surface area contributed by atoms with Crippen molar-refractivity contribution < 1.29 is 17.9 Å². The summed E-state index contributed by atoms with van der Waals surface area (Å²) in [7, 11) is -0.292. The minimum absolute atomic E-state index is 0.245. The van der Waals surface area contributed by atoms with E-state index in [4.69, 9.17) is 4.74 Å². The summed E-state index contributed by atoms with van der Waals surface area (Å²) in [6.45, 7) is 1.96. The second-order valence-electron chi connectivity index (χ2n) is 7.35. The number of rotatable bonds is 7. The van der Waals surface area contributed by atoms with Gasteiger partial charge in [0, 0.05) is 13.6 Å². The predicted molar refractivity (Wildman–Crippen MR) is 120 cm³/mol. The van der Waals surface area contributed by atoms with E-state index in [0.29, 0.717) is 12.2 Å². The number of hydrogen-bond donors (Lipinski definition) is 0. The van der Waals surface area contributed by atoms with E-state index in [1.807, 2.05) is 55.5 Å². The van der Waals surface area contributed by atoms with Gasteiger partial charge in [0.25, 0.3) is 0 Å². The van der Waals surface area contributed by atoms with Gasteiger partial charge in [-0.1, -0.05) is 36.4 Å². The van der Waals surface area contributed by atoms with Crippen LogP contribution in [-0.4, -0.2) is 46.2 Å². The summed E-state index contributed by atoms with van der Waals surface area (Å²) in [6.07, 6.45) is 1.12. The molecule has 0 aliphatic rings. The van der Waals surface area contributed by atoms with Gasteiger partial charge in [-0.2, -0.15) is 0 Å². The molecular formula is C23H26N2O4S. The molecule has 1 amide bonds. The molecule has 3 aromatic carbocycles. The minimum Gasteiger partial charge on any atom is -0.497 e. The molecule has 0 fully saturated rings. The molecule has 0 aromatic heterocycles. The summed E-state index contributed by atoms with van der Waals surface area (Å²) in [6, 6.07) is 18.9. The monoisotopic (exact) mass is 426 g/mol. The minimum atomic E-state index is -3.60. The number of likely N-dealkylation sites (N-methyl/N-ethyl adjacent to an activating group) is 1. The topological polar surface area (TPSA) is 66.9 Å². The first-order valence-corrected chi connectivity index (χ1v) is 11.4. The molecule has 3 rings (SSSR count). The molecule has 0 saturated heterocycles. The van der Waals surface area contributed by atoms with Crippen molar-refractivity contribution >= 4 is 32.4 Å². The van der Waals surface area contributed by atoms with Crippen LogP contribution >= 0.6 is 0 Å². The third-order valence-corrected chi connectivity index (χ3v) is 6.15. The van der Waals surface area contributed by atoms with Gasteiger partial charge in [-0.3, -0.25) is 9.10 Å². The molecule has 30 heavy (non-hydrogen) atoms. The van der Waals surface area contributed by atoms with Gasteiger partial charge in [-0.25, -0.2) is 8.42 Å². The molecule has 0 aliphatic heterocycles. The van der Waals surface area contributed by atoms with E-state index in [1.165, 1.54) is 0 Å². The summed E-state index contributed by atoms with van der Waals surface area (Å²) in [5, 5.41) is 2.10. The highest BCUT2D eigenvalue weighted by Crippen LogP contribution is 2.24. The number of para-hydroxylation sites is 1. The summed E-state index contributed by atoms with van der Waals surface area (Å²) in [5.41, 5.74) is 2.27. The molecule has 0 bridgehead atoms. The number of amides is 1. The zero-order valence-corrected chi connectivity index (χ0v) is 18.4. The largest absolute Gasteiger partial charge is 0.497 e. The summed E-state index contributed by atoms with van der Waals surface area (Å²) in [5.74, 6) is 0.512. The standard InChI is InChI=1S/C23H26N2O4S/c1-17-7-5-6-8-22(17)25(30(4,27)28)16-23(26)24(2)15-18-9-10-20-14-21(29-3)12-11-19(20)13-18/h5-14H,15-16H2,1-4H3. The molecule has 0 aliphatic carbocycles. The molecule has 158 valence electrons. The van der Waals surface area contributed by atoms with E-state index in [9.17, 15) is 13.2 Å². The van der Waals surface area contributed by atoms with E-state index in [1.54, 1.807) is 31.2 Å². The fourth-order valence-electron chi connectivity index (χ4n) is 3.33. The SMILES string of the molecule is COc1ccc2cc(CN(C)C(=O)CN(c3ccccc3C)S(C)(=O)=O)ccc2c1. The van der Waals surface area contributed by atoms with Crippen LogP contribution in [0.15, 0.2) is 60.7 Å². The molecule has 6 nitrogen and oxygen atoms in total. The normalized spacial score (nSPS) is 11.3. The zero-order valence-electron chi connectivity index (χ0n) is 17.6. The lowest BCUT2D eigenvalue weighted by Gasteiger charge is -2.26. The molecule has 0 N–H and O–H groups in total. The van der Waals surface area contributed by atoms with Crippen LogP contribution in [0.1, 0.15) is 11.1 Å². The molecular weight excluding hydrogens is 400 g/mol. The van der Waals surface area contributed by atoms with Crippen molar-refractivity contribution in [3.8, 4) is 5.75 Å². The van der Waals surface area contributed by atoms with Crippen LogP contribution in [-0.2, 0) is 21.4 Å². The number of sulfonamides is 1. The van der Waals surface area contributed by atoms with Gasteiger partial charge >= 0.3 is 0 Å². The van der Waals surface area contributed by atoms with Gasteiger partial charge in [0.15, 0.2) is 0 Å². The first kappa shape index (κ1) is 21.6. The molecule has 0 radical (unpaired) electrons. The number of aryl methyl sites for hydroxylation is 1. The van der Waals surface area contributed by atoms with E-state index >= 15 is 0 Å². The summed E-state index contributed by atoms with van der Waals surface area (Å²) >= 11 is 0. The van der Waals surface area contributed by atoms with Crippen molar-refractivity contribution in [1.82, 2.24) is 4.90 Å². The number of anilines is 1. The third kappa shape index (κ3) is 4.91. The number of fused-ring (bicyclic) bond motifs is 1. The molecule has 0 heterocycles. The number of ether oxygens (including phenoxy) is 1. The fraction of sp³-hybridized carbons (Fsp3) is 0.261. The zero-order chi connectivity index (χ0) is 21.9. The molecule has 7 heteroatoms. The number of benzene rings is 3. The second kappa shape index (κ2) is 8.75. The Kier molecular flexibility index (Phi) is 6.31. The lowest BCUT2D eigenvalue weighted by atomic mass is 10.1. The Hall–Kier alpha value is -3.06. The first-order valence-electron chi connectivity index (χ1n) is 9.53. The number of nitrogens with zero attached hydrogens (tertiary/aromatic N) is 2. The van der Waals surface area contributed by atoms with E-state index < -0.39 is 10.0 Å². The van der Waals surface area contributed by atoms with Gasteiger partial charge in [0.2, 0.25) is 15.9 Å².